The van der Waals surface area contributed by atoms with Crippen molar-refractivity contribution in [1.29, 1.82) is 0 Å². The van der Waals surface area contributed by atoms with Crippen molar-refractivity contribution in [3.63, 3.8) is 0 Å². The van der Waals surface area contributed by atoms with Crippen LogP contribution in [0.25, 0.3) is 0 Å². The van der Waals surface area contributed by atoms with Crippen LogP contribution in [0.2, 0.25) is 5.02 Å². The molecular weight excluding hydrogens is 331 g/mol. The second-order valence-electron chi connectivity index (χ2n) is 3.81. The Morgan fingerprint density at radius 2 is 2.00 bits per heavy atom. The number of esters is 1. The standard InChI is InChI=1S/C12H11ClF3NO3S/c1-20-11(19)6-21-5-10(18)17-9-4-7(12(14,15)16)2-3-8(9)13/h2-4H,5-6H2,1H3,(H,17,18). The molecule has 116 valence electrons. The molecule has 0 saturated carbocycles. The average Bonchev–Trinajstić information content (AvgIpc) is 2.39. The lowest BCUT2D eigenvalue weighted by Gasteiger charge is -2.11. The molecule has 0 aliphatic carbocycles. The summed E-state index contributed by atoms with van der Waals surface area (Å²) < 4.78 is 42.1. The van der Waals surface area contributed by atoms with Crippen LogP contribution in [0.5, 0.6) is 0 Å². The molecule has 0 aliphatic rings. The van der Waals surface area contributed by atoms with Gasteiger partial charge in [-0.2, -0.15) is 13.2 Å². The fraction of sp³-hybridized carbons (Fsp3) is 0.333. The van der Waals surface area contributed by atoms with Gasteiger partial charge >= 0.3 is 12.1 Å². The zero-order valence-corrected chi connectivity index (χ0v) is 12.4. The number of alkyl halides is 3. The first-order valence-corrected chi connectivity index (χ1v) is 7.08. The van der Waals surface area contributed by atoms with Crippen molar-refractivity contribution in [2.45, 2.75) is 6.18 Å². The molecule has 21 heavy (non-hydrogen) atoms. The number of benzene rings is 1. The molecule has 0 saturated heterocycles. The van der Waals surface area contributed by atoms with Gasteiger partial charge < -0.3 is 10.1 Å². The van der Waals surface area contributed by atoms with E-state index >= 15 is 0 Å². The maximum absolute atomic E-state index is 12.6. The van der Waals surface area contributed by atoms with Crippen molar-refractivity contribution in [2.24, 2.45) is 0 Å². The molecule has 1 aromatic rings. The molecule has 0 heterocycles. The second-order valence-corrected chi connectivity index (χ2v) is 5.20. The van der Waals surface area contributed by atoms with Crippen LogP contribution in [0.1, 0.15) is 5.56 Å². The van der Waals surface area contributed by atoms with Crippen LogP contribution in [0.15, 0.2) is 18.2 Å². The summed E-state index contributed by atoms with van der Waals surface area (Å²) >= 11 is 6.71. The monoisotopic (exact) mass is 341 g/mol. The third kappa shape index (κ3) is 5.84. The van der Waals surface area contributed by atoms with E-state index in [-0.39, 0.29) is 22.2 Å². The number of halogens is 4. The Hall–Kier alpha value is -1.41. The molecule has 1 rings (SSSR count). The van der Waals surface area contributed by atoms with Crippen LogP contribution in [0.3, 0.4) is 0 Å². The number of methoxy groups -OCH3 is 1. The van der Waals surface area contributed by atoms with Crippen LogP contribution in [-0.4, -0.2) is 30.5 Å². The van der Waals surface area contributed by atoms with Crippen molar-refractivity contribution >= 4 is 40.9 Å². The highest BCUT2D eigenvalue weighted by atomic mass is 35.5. The summed E-state index contributed by atoms with van der Waals surface area (Å²) in [5.41, 5.74) is -1.04. The predicted molar refractivity (Wildman–Crippen MR) is 74.4 cm³/mol. The van der Waals surface area contributed by atoms with Crippen LogP contribution in [0.4, 0.5) is 18.9 Å². The van der Waals surface area contributed by atoms with Gasteiger partial charge in [-0.15, -0.1) is 11.8 Å². The largest absolute Gasteiger partial charge is 0.468 e. The zero-order chi connectivity index (χ0) is 16.0. The van der Waals surface area contributed by atoms with Gasteiger partial charge in [0.25, 0.3) is 0 Å². The number of amides is 1. The molecule has 0 aromatic heterocycles. The van der Waals surface area contributed by atoms with Crippen molar-refractivity contribution in [3.05, 3.63) is 28.8 Å². The number of carbonyl (C=O) groups excluding carboxylic acids is 2. The fourth-order valence-corrected chi connectivity index (χ4v) is 2.08. The Labute approximate surface area is 128 Å². The van der Waals surface area contributed by atoms with Gasteiger partial charge in [0.15, 0.2) is 0 Å². The van der Waals surface area contributed by atoms with E-state index in [9.17, 15) is 22.8 Å². The maximum atomic E-state index is 12.6. The van der Waals surface area contributed by atoms with Gasteiger partial charge in [-0.05, 0) is 18.2 Å². The van der Waals surface area contributed by atoms with E-state index in [1.807, 2.05) is 0 Å². The number of ether oxygens (including phenoxy) is 1. The number of rotatable bonds is 5. The Morgan fingerprint density at radius 1 is 1.33 bits per heavy atom. The molecule has 0 bridgehead atoms. The first kappa shape index (κ1) is 17.6. The van der Waals surface area contributed by atoms with Crippen molar-refractivity contribution in [2.75, 3.05) is 23.9 Å². The fourth-order valence-electron chi connectivity index (χ4n) is 1.27. The van der Waals surface area contributed by atoms with Gasteiger partial charge in [0.05, 0.1) is 34.9 Å². The van der Waals surface area contributed by atoms with Crippen LogP contribution < -0.4 is 5.32 Å². The molecular formula is C12H11ClF3NO3S. The van der Waals surface area contributed by atoms with E-state index in [1.165, 1.54) is 7.11 Å². The molecule has 0 atom stereocenters. The number of thioether (sulfide) groups is 1. The maximum Gasteiger partial charge on any atom is 0.416 e. The van der Waals surface area contributed by atoms with E-state index in [2.05, 4.69) is 10.1 Å². The van der Waals surface area contributed by atoms with Crippen LogP contribution in [0, 0.1) is 0 Å². The summed E-state index contributed by atoms with van der Waals surface area (Å²) in [7, 11) is 1.21. The molecule has 1 amide bonds. The molecule has 0 aliphatic heterocycles. The van der Waals surface area contributed by atoms with Crippen LogP contribution >= 0.6 is 23.4 Å². The lowest BCUT2D eigenvalue weighted by atomic mass is 10.2. The third-order valence-corrected chi connectivity index (χ3v) is 3.48. The van der Waals surface area contributed by atoms with Gasteiger partial charge in [0.1, 0.15) is 0 Å². The van der Waals surface area contributed by atoms with E-state index < -0.39 is 23.6 Å². The summed E-state index contributed by atoms with van der Waals surface area (Å²) in [5, 5.41) is 2.27. The summed E-state index contributed by atoms with van der Waals surface area (Å²) in [6, 6.07) is 2.64. The minimum absolute atomic E-state index is 0.00526. The summed E-state index contributed by atoms with van der Waals surface area (Å²) in [5.74, 6) is -1.20. The highest BCUT2D eigenvalue weighted by molar-refractivity contribution is 8.00. The summed E-state index contributed by atoms with van der Waals surface area (Å²) in [6.45, 7) is 0. The number of hydrogen-bond donors (Lipinski definition) is 1. The predicted octanol–water partition coefficient (Wildman–Crippen LogP) is 3.20. The first-order valence-electron chi connectivity index (χ1n) is 5.55. The van der Waals surface area contributed by atoms with E-state index in [0.29, 0.717) is 0 Å². The molecule has 0 spiro atoms. The zero-order valence-electron chi connectivity index (χ0n) is 10.8. The quantitative estimate of drug-likeness (QED) is 0.836. The highest BCUT2D eigenvalue weighted by Gasteiger charge is 2.31. The Balaban J connectivity index is 2.65. The number of hydrogen-bond acceptors (Lipinski definition) is 4. The molecule has 0 unspecified atom stereocenters. The second kappa shape index (κ2) is 7.56. The molecule has 0 radical (unpaired) electrons. The molecule has 1 aromatic carbocycles. The topological polar surface area (TPSA) is 55.4 Å². The molecule has 4 nitrogen and oxygen atoms in total. The Morgan fingerprint density at radius 3 is 2.57 bits per heavy atom. The lowest BCUT2D eigenvalue weighted by Crippen LogP contribution is -2.17. The first-order chi connectivity index (χ1) is 9.74. The van der Waals surface area contributed by atoms with Crippen molar-refractivity contribution in [1.82, 2.24) is 0 Å². The summed E-state index contributed by atoms with van der Waals surface area (Å²) in [6.07, 6.45) is -4.52. The SMILES string of the molecule is COC(=O)CSCC(=O)Nc1cc(C(F)(F)F)ccc1Cl. The molecule has 0 fully saturated rings. The van der Waals surface area contributed by atoms with E-state index in [0.717, 1.165) is 30.0 Å². The van der Waals surface area contributed by atoms with Gasteiger partial charge in [0, 0.05) is 0 Å². The van der Waals surface area contributed by atoms with E-state index in [4.69, 9.17) is 11.6 Å². The van der Waals surface area contributed by atoms with Crippen molar-refractivity contribution < 1.29 is 27.5 Å². The van der Waals surface area contributed by atoms with Gasteiger partial charge in [-0.1, -0.05) is 11.6 Å². The van der Waals surface area contributed by atoms with E-state index in [1.54, 1.807) is 0 Å². The Bertz CT molecular complexity index is 537. The summed E-state index contributed by atoms with van der Waals surface area (Å²) in [4.78, 5) is 22.4. The van der Waals surface area contributed by atoms with Gasteiger partial charge in [-0.3, -0.25) is 9.59 Å². The minimum atomic E-state index is -4.52. The third-order valence-electron chi connectivity index (χ3n) is 2.25. The number of anilines is 1. The Kier molecular flexibility index (Phi) is 6.35. The number of carbonyl (C=O) groups is 2. The van der Waals surface area contributed by atoms with Crippen LogP contribution in [-0.2, 0) is 20.5 Å². The van der Waals surface area contributed by atoms with Gasteiger partial charge in [0.2, 0.25) is 5.91 Å². The minimum Gasteiger partial charge on any atom is -0.468 e. The highest BCUT2D eigenvalue weighted by Crippen LogP contribution is 2.33. The average molecular weight is 342 g/mol. The molecule has 9 heteroatoms. The normalized spacial score (nSPS) is 11.1. The lowest BCUT2D eigenvalue weighted by molar-refractivity contribution is -0.138. The number of nitrogens with one attached hydrogen (secondary N) is 1. The van der Waals surface area contributed by atoms with Gasteiger partial charge in [-0.25, -0.2) is 0 Å². The smallest absolute Gasteiger partial charge is 0.416 e. The molecule has 1 N–H and O–H groups in total. The van der Waals surface area contributed by atoms with Crippen molar-refractivity contribution in [3.8, 4) is 0 Å².